The number of carbonyl (C=O) groups is 1. The first-order valence-electron chi connectivity index (χ1n) is 8.51. The lowest BCUT2D eigenvalue weighted by Crippen LogP contribution is -2.51. The van der Waals surface area contributed by atoms with E-state index in [1.54, 1.807) is 4.90 Å². The molecule has 24 heavy (non-hydrogen) atoms. The number of likely N-dealkylation sites (tertiary alicyclic amines) is 1. The molecular weight excluding hydrogens is 324 g/mol. The monoisotopic (exact) mass is 348 g/mol. The van der Waals surface area contributed by atoms with E-state index in [1.807, 2.05) is 24.3 Å². The zero-order chi connectivity index (χ0) is 17.3. The number of hydrogen-bond donors (Lipinski definition) is 2. The SMILES string of the molecule is CC(C)C1CCCCN1C(=O)C(O)C(O)c1nc2ccccc2s1. The van der Waals surface area contributed by atoms with Crippen LogP contribution in [0.15, 0.2) is 24.3 Å². The summed E-state index contributed by atoms with van der Waals surface area (Å²) in [7, 11) is 0. The Kier molecular flexibility index (Phi) is 5.18. The van der Waals surface area contributed by atoms with Crippen LogP contribution < -0.4 is 0 Å². The Bertz CT molecular complexity index is 682. The topological polar surface area (TPSA) is 73.7 Å². The molecule has 3 unspecified atom stereocenters. The van der Waals surface area contributed by atoms with Crippen LogP contribution in [-0.4, -0.2) is 44.7 Å². The molecule has 1 aromatic carbocycles. The molecule has 130 valence electrons. The summed E-state index contributed by atoms with van der Waals surface area (Å²) in [6, 6.07) is 7.68. The van der Waals surface area contributed by atoms with E-state index in [0.717, 1.165) is 29.5 Å². The molecule has 1 aliphatic heterocycles. The van der Waals surface area contributed by atoms with E-state index in [9.17, 15) is 15.0 Å². The van der Waals surface area contributed by atoms with Gasteiger partial charge in [-0.25, -0.2) is 4.98 Å². The molecule has 1 saturated heterocycles. The van der Waals surface area contributed by atoms with Gasteiger partial charge in [-0.3, -0.25) is 4.79 Å². The van der Waals surface area contributed by atoms with Crippen LogP contribution in [0.3, 0.4) is 0 Å². The van der Waals surface area contributed by atoms with Gasteiger partial charge in [0.15, 0.2) is 6.10 Å². The molecule has 3 atom stereocenters. The van der Waals surface area contributed by atoms with Gasteiger partial charge in [-0.15, -0.1) is 11.3 Å². The van der Waals surface area contributed by atoms with E-state index in [0.29, 0.717) is 17.5 Å². The van der Waals surface area contributed by atoms with Crippen LogP contribution >= 0.6 is 11.3 Å². The number of fused-ring (bicyclic) bond motifs is 1. The van der Waals surface area contributed by atoms with Gasteiger partial charge in [0.25, 0.3) is 5.91 Å². The number of para-hydroxylation sites is 1. The third kappa shape index (κ3) is 3.31. The van der Waals surface area contributed by atoms with Gasteiger partial charge in [-0.2, -0.15) is 0 Å². The molecule has 0 radical (unpaired) electrons. The van der Waals surface area contributed by atoms with E-state index < -0.39 is 12.2 Å². The average molecular weight is 348 g/mol. The van der Waals surface area contributed by atoms with Crippen LogP contribution in [-0.2, 0) is 4.79 Å². The zero-order valence-electron chi connectivity index (χ0n) is 14.1. The second kappa shape index (κ2) is 7.17. The van der Waals surface area contributed by atoms with Gasteiger partial charge < -0.3 is 15.1 Å². The maximum Gasteiger partial charge on any atom is 0.254 e. The summed E-state index contributed by atoms with van der Waals surface area (Å²) in [5, 5.41) is 21.3. The maximum atomic E-state index is 12.7. The fourth-order valence-electron chi connectivity index (χ4n) is 3.38. The first-order chi connectivity index (χ1) is 11.5. The van der Waals surface area contributed by atoms with Crippen LogP contribution in [0.2, 0.25) is 0 Å². The number of rotatable bonds is 4. The van der Waals surface area contributed by atoms with E-state index in [-0.39, 0.29) is 11.9 Å². The number of aromatic nitrogens is 1. The van der Waals surface area contributed by atoms with Gasteiger partial charge >= 0.3 is 0 Å². The van der Waals surface area contributed by atoms with Crippen molar-refractivity contribution < 1.29 is 15.0 Å². The Balaban J connectivity index is 1.78. The summed E-state index contributed by atoms with van der Waals surface area (Å²) >= 11 is 1.31. The molecule has 1 aliphatic rings. The van der Waals surface area contributed by atoms with Gasteiger partial charge in [0.05, 0.1) is 10.2 Å². The molecule has 0 aliphatic carbocycles. The lowest BCUT2D eigenvalue weighted by atomic mass is 9.92. The van der Waals surface area contributed by atoms with Crippen molar-refractivity contribution in [2.24, 2.45) is 5.92 Å². The molecule has 2 N–H and O–H groups in total. The summed E-state index contributed by atoms with van der Waals surface area (Å²) in [4.78, 5) is 18.8. The molecular formula is C18H24N2O3S. The van der Waals surface area contributed by atoms with E-state index in [2.05, 4.69) is 18.8 Å². The number of hydrogen-bond acceptors (Lipinski definition) is 5. The summed E-state index contributed by atoms with van der Waals surface area (Å²) < 4.78 is 0.934. The number of amides is 1. The summed E-state index contributed by atoms with van der Waals surface area (Å²) in [5.74, 6) is -0.0544. The number of nitrogens with zero attached hydrogens (tertiary/aromatic N) is 2. The number of aliphatic hydroxyl groups excluding tert-OH is 2. The Morgan fingerprint density at radius 3 is 2.75 bits per heavy atom. The normalized spacial score (nSPS) is 21.2. The second-order valence-corrected chi connectivity index (χ2v) is 7.81. The molecule has 2 aromatic rings. The number of aliphatic hydroxyl groups is 2. The first kappa shape index (κ1) is 17.3. The van der Waals surface area contributed by atoms with E-state index >= 15 is 0 Å². The third-order valence-corrected chi connectivity index (χ3v) is 5.82. The highest BCUT2D eigenvalue weighted by atomic mass is 32.1. The predicted molar refractivity (Wildman–Crippen MR) is 94.8 cm³/mol. The summed E-state index contributed by atoms with van der Waals surface area (Å²) in [6.45, 7) is 4.82. The summed E-state index contributed by atoms with van der Waals surface area (Å²) in [6.07, 6.45) is 0.240. The van der Waals surface area contributed by atoms with Gasteiger partial charge in [-0.05, 0) is 37.3 Å². The molecule has 0 bridgehead atoms. The van der Waals surface area contributed by atoms with Crippen LogP contribution in [0.25, 0.3) is 10.2 Å². The third-order valence-electron chi connectivity index (χ3n) is 4.72. The molecule has 3 rings (SSSR count). The first-order valence-corrected chi connectivity index (χ1v) is 9.32. The van der Waals surface area contributed by atoms with Crippen molar-refractivity contribution in [3.05, 3.63) is 29.3 Å². The van der Waals surface area contributed by atoms with Crippen molar-refractivity contribution in [3.63, 3.8) is 0 Å². The molecule has 1 fully saturated rings. The molecule has 1 aromatic heterocycles. The van der Waals surface area contributed by atoms with Crippen molar-refractivity contribution in [1.29, 1.82) is 0 Å². The Morgan fingerprint density at radius 2 is 2.04 bits per heavy atom. The molecule has 6 heteroatoms. The highest BCUT2D eigenvalue weighted by Gasteiger charge is 2.36. The fraction of sp³-hybridized carbons (Fsp3) is 0.556. The molecule has 0 saturated carbocycles. The Morgan fingerprint density at radius 1 is 1.29 bits per heavy atom. The lowest BCUT2D eigenvalue weighted by Gasteiger charge is -2.39. The van der Waals surface area contributed by atoms with Crippen LogP contribution in [0.5, 0.6) is 0 Å². The quantitative estimate of drug-likeness (QED) is 0.891. The van der Waals surface area contributed by atoms with Gasteiger partial charge in [0.1, 0.15) is 11.1 Å². The fourth-order valence-corrected chi connectivity index (χ4v) is 4.36. The highest BCUT2D eigenvalue weighted by molar-refractivity contribution is 7.18. The standard InChI is InChI=1S/C18H24N2O3S/c1-11(2)13-8-5-6-10-20(13)18(23)16(22)15(21)17-19-12-7-3-4-9-14(12)24-17/h3-4,7,9,11,13,15-16,21-22H,5-6,8,10H2,1-2H3. The smallest absolute Gasteiger partial charge is 0.254 e. The minimum Gasteiger partial charge on any atom is -0.383 e. The summed E-state index contributed by atoms with van der Waals surface area (Å²) in [5.41, 5.74) is 0.772. The Labute approximate surface area is 145 Å². The minimum atomic E-state index is -1.47. The van der Waals surface area contributed by atoms with Crippen molar-refractivity contribution >= 4 is 27.5 Å². The minimum absolute atomic E-state index is 0.128. The van der Waals surface area contributed by atoms with Crippen molar-refractivity contribution in [2.45, 2.75) is 51.4 Å². The van der Waals surface area contributed by atoms with Crippen LogP contribution in [0, 0.1) is 5.92 Å². The van der Waals surface area contributed by atoms with Gasteiger partial charge in [-0.1, -0.05) is 26.0 Å². The zero-order valence-corrected chi connectivity index (χ0v) is 14.9. The Hall–Kier alpha value is -1.50. The maximum absolute atomic E-state index is 12.7. The number of thiazole rings is 1. The van der Waals surface area contributed by atoms with E-state index in [1.165, 1.54) is 11.3 Å². The van der Waals surface area contributed by atoms with Crippen LogP contribution in [0.1, 0.15) is 44.2 Å². The molecule has 2 heterocycles. The van der Waals surface area contributed by atoms with Crippen molar-refractivity contribution in [3.8, 4) is 0 Å². The van der Waals surface area contributed by atoms with Gasteiger partial charge in [0, 0.05) is 12.6 Å². The average Bonchev–Trinajstić information content (AvgIpc) is 3.03. The highest BCUT2D eigenvalue weighted by Crippen LogP contribution is 2.30. The number of piperidine rings is 1. The van der Waals surface area contributed by atoms with E-state index in [4.69, 9.17) is 0 Å². The number of benzene rings is 1. The van der Waals surface area contributed by atoms with Crippen molar-refractivity contribution in [1.82, 2.24) is 9.88 Å². The van der Waals surface area contributed by atoms with Crippen molar-refractivity contribution in [2.75, 3.05) is 6.54 Å². The molecule has 1 amide bonds. The number of carbonyl (C=O) groups excluding carboxylic acids is 1. The second-order valence-electron chi connectivity index (χ2n) is 6.75. The largest absolute Gasteiger partial charge is 0.383 e. The molecule has 0 spiro atoms. The van der Waals surface area contributed by atoms with Gasteiger partial charge in [0.2, 0.25) is 0 Å². The van der Waals surface area contributed by atoms with Crippen LogP contribution in [0.4, 0.5) is 0 Å². The molecule has 5 nitrogen and oxygen atoms in total. The predicted octanol–water partition coefficient (Wildman–Crippen LogP) is 2.73. The lowest BCUT2D eigenvalue weighted by molar-refractivity contribution is -0.151.